The van der Waals surface area contributed by atoms with Crippen molar-refractivity contribution in [3.8, 4) is 17.2 Å². The summed E-state index contributed by atoms with van der Waals surface area (Å²) in [4.78, 5) is 28.6. The van der Waals surface area contributed by atoms with Crippen molar-refractivity contribution >= 4 is 57.3 Å². The van der Waals surface area contributed by atoms with Gasteiger partial charge in [-0.15, -0.1) is 10.2 Å². The monoisotopic (exact) mass is 663 g/mol. The number of halogens is 1. The van der Waals surface area contributed by atoms with E-state index in [-0.39, 0.29) is 23.1 Å². The van der Waals surface area contributed by atoms with Crippen LogP contribution < -0.4 is 19.1 Å². The molecule has 0 spiro atoms. The first-order chi connectivity index (χ1) is 21.8. The van der Waals surface area contributed by atoms with Crippen molar-refractivity contribution in [2.45, 2.75) is 30.0 Å². The molecule has 1 N–H and O–H groups in total. The lowest BCUT2D eigenvalue weighted by molar-refractivity contribution is -0.132. The largest absolute Gasteiger partial charge is 0.507 e. The number of aromatic nitrogens is 2. The highest BCUT2D eigenvalue weighted by Gasteiger charge is 2.48. The van der Waals surface area contributed by atoms with Crippen LogP contribution in [0.1, 0.15) is 36.6 Å². The fourth-order valence-corrected chi connectivity index (χ4v) is 6.64. The van der Waals surface area contributed by atoms with Crippen molar-refractivity contribution in [2.24, 2.45) is 0 Å². The Morgan fingerprint density at radius 3 is 2.42 bits per heavy atom. The summed E-state index contributed by atoms with van der Waals surface area (Å²) in [6, 6.07) is 18.3. The SMILES string of the molecule is C=CCOc1ccc(C2/C(=C(\O)c3ccc(OCC)cc3)C(=O)C(=O)N2c2nnc(SCc3ccc(Cl)cc3)s2)cc1OCC. The molecule has 1 aliphatic rings. The summed E-state index contributed by atoms with van der Waals surface area (Å²) in [6.45, 7) is 8.50. The number of nitrogens with zero attached hydrogens (tertiary/aromatic N) is 3. The third-order valence-electron chi connectivity index (χ3n) is 6.70. The van der Waals surface area contributed by atoms with Gasteiger partial charge in [-0.25, -0.2) is 0 Å². The first-order valence-electron chi connectivity index (χ1n) is 14.1. The van der Waals surface area contributed by atoms with Crippen molar-refractivity contribution in [3.63, 3.8) is 0 Å². The number of thioether (sulfide) groups is 1. The summed E-state index contributed by atoms with van der Waals surface area (Å²) in [6.07, 6.45) is 1.62. The number of amides is 1. The van der Waals surface area contributed by atoms with Gasteiger partial charge in [-0.05, 0) is 73.5 Å². The van der Waals surface area contributed by atoms with Gasteiger partial charge in [-0.3, -0.25) is 14.5 Å². The standard InChI is InChI=1S/C33H30ClN3O6S2/c1-4-17-43-25-16-11-22(18-26(25)42-6-3)28-27(29(38)21-9-14-24(15-10-21)41-5-2)30(39)31(40)37(28)32-35-36-33(45-32)44-19-20-7-12-23(34)13-8-20/h4,7-16,18,28,38H,1,5-6,17,19H2,2-3H3/b29-27+. The maximum atomic E-state index is 13.7. The quantitative estimate of drug-likeness (QED) is 0.0389. The lowest BCUT2D eigenvalue weighted by Gasteiger charge is -2.23. The maximum absolute atomic E-state index is 13.7. The molecule has 3 aromatic carbocycles. The number of aliphatic hydroxyl groups excluding tert-OH is 1. The van der Waals surface area contributed by atoms with Gasteiger partial charge in [0.2, 0.25) is 5.13 Å². The van der Waals surface area contributed by atoms with Crippen LogP contribution in [0.15, 0.2) is 89.3 Å². The Morgan fingerprint density at radius 2 is 1.73 bits per heavy atom. The molecular weight excluding hydrogens is 634 g/mol. The van der Waals surface area contributed by atoms with E-state index in [0.29, 0.717) is 56.7 Å². The average molecular weight is 664 g/mol. The summed E-state index contributed by atoms with van der Waals surface area (Å²) < 4.78 is 17.7. The van der Waals surface area contributed by atoms with Crippen LogP contribution >= 0.6 is 34.7 Å². The summed E-state index contributed by atoms with van der Waals surface area (Å²) in [5, 5.41) is 21.0. The fraction of sp³-hybridized carbons (Fsp3) is 0.212. The minimum Gasteiger partial charge on any atom is -0.507 e. The number of rotatable bonds is 13. The Hall–Kier alpha value is -4.32. The van der Waals surface area contributed by atoms with Crippen LogP contribution in [0.3, 0.4) is 0 Å². The van der Waals surface area contributed by atoms with E-state index in [9.17, 15) is 14.7 Å². The van der Waals surface area contributed by atoms with Crippen molar-refractivity contribution in [1.82, 2.24) is 10.2 Å². The van der Waals surface area contributed by atoms with E-state index in [2.05, 4.69) is 16.8 Å². The minimum absolute atomic E-state index is 0.0862. The third kappa shape index (κ3) is 7.16. The normalized spacial score (nSPS) is 15.7. The molecule has 0 aliphatic carbocycles. The van der Waals surface area contributed by atoms with E-state index in [1.165, 1.54) is 28.0 Å². The first kappa shape index (κ1) is 32.1. The number of aliphatic hydroxyl groups is 1. The lowest BCUT2D eigenvalue weighted by atomic mass is 9.95. The smallest absolute Gasteiger partial charge is 0.301 e. The Bertz CT molecular complexity index is 1720. The van der Waals surface area contributed by atoms with Crippen LogP contribution in [0.25, 0.3) is 5.76 Å². The van der Waals surface area contributed by atoms with Crippen LogP contribution in [-0.4, -0.2) is 46.8 Å². The molecule has 1 fully saturated rings. The molecule has 45 heavy (non-hydrogen) atoms. The molecule has 9 nitrogen and oxygen atoms in total. The number of hydrogen-bond donors (Lipinski definition) is 1. The van der Waals surface area contributed by atoms with Crippen LogP contribution in [0.4, 0.5) is 5.13 Å². The van der Waals surface area contributed by atoms with Gasteiger partial charge in [0.1, 0.15) is 18.1 Å². The molecule has 2 heterocycles. The topological polar surface area (TPSA) is 111 Å². The van der Waals surface area contributed by atoms with Crippen molar-refractivity contribution < 1.29 is 28.9 Å². The number of benzene rings is 3. The zero-order valence-electron chi connectivity index (χ0n) is 24.6. The number of carbonyl (C=O) groups is 2. The summed E-state index contributed by atoms with van der Waals surface area (Å²) in [5.74, 6) is 0.108. The van der Waals surface area contributed by atoms with Crippen LogP contribution in [0, 0.1) is 0 Å². The van der Waals surface area contributed by atoms with Gasteiger partial charge in [0.15, 0.2) is 15.8 Å². The van der Waals surface area contributed by atoms with E-state index in [4.69, 9.17) is 25.8 Å². The molecule has 1 unspecified atom stereocenters. The van der Waals surface area contributed by atoms with E-state index in [0.717, 1.165) is 5.56 Å². The number of anilines is 1. The summed E-state index contributed by atoms with van der Waals surface area (Å²) in [5.41, 5.74) is 1.83. The van der Waals surface area contributed by atoms with Crippen LogP contribution in [-0.2, 0) is 15.3 Å². The van der Waals surface area contributed by atoms with Crippen LogP contribution in [0.5, 0.6) is 17.2 Å². The van der Waals surface area contributed by atoms with E-state index in [1.807, 2.05) is 38.1 Å². The predicted molar refractivity (Wildman–Crippen MR) is 177 cm³/mol. The predicted octanol–water partition coefficient (Wildman–Crippen LogP) is 7.47. The van der Waals surface area contributed by atoms with Gasteiger partial charge < -0.3 is 19.3 Å². The molecule has 1 aromatic heterocycles. The molecule has 12 heteroatoms. The van der Waals surface area contributed by atoms with E-state index in [1.54, 1.807) is 48.5 Å². The number of Topliss-reactive ketones (excluding diaryl/α,β-unsaturated/α-hetero) is 1. The molecule has 1 atom stereocenters. The van der Waals surface area contributed by atoms with Gasteiger partial charge in [0.25, 0.3) is 5.78 Å². The second kappa shape index (κ2) is 14.6. The van der Waals surface area contributed by atoms with Crippen molar-refractivity contribution in [3.05, 3.63) is 107 Å². The molecule has 0 saturated carbocycles. The highest BCUT2D eigenvalue weighted by atomic mass is 35.5. The lowest BCUT2D eigenvalue weighted by Crippen LogP contribution is -2.29. The molecule has 1 aliphatic heterocycles. The van der Waals surface area contributed by atoms with Crippen molar-refractivity contribution in [1.29, 1.82) is 0 Å². The Morgan fingerprint density at radius 1 is 1.00 bits per heavy atom. The zero-order chi connectivity index (χ0) is 31.9. The Labute approximate surface area is 274 Å². The number of carbonyl (C=O) groups excluding carboxylic acids is 2. The Kier molecular flexibility index (Phi) is 10.4. The maximum Gasteiger partial charge on any atom is 0.301 e. The molecular formula is C33H30ClN3O6S2. The minimum atomic E-state index is -1.02. The average Bonchev–Trinajstić information content (AvgIpc) is 3.62. The number of ketones is 1. The Balaban J connectivity index is 1.57. The molecule has 4 aromatic rings. The summed E-state index contributed by atoms with van der Waals surface area (Å²) >= 11 is 8.64. The van der Waals surface area contributed by atoms with E-state index < -0.39 is 17.7 Å². The highest BCUT2D eigenvalue weighted by Crippen LogP contribution is 2.45. The van der Waals surface area contributed by atoms with Crippen molar-refractivity contribution in [2.75, 3.05) is 24.7 Å². The van der Waals surface area contributed by atoms with Gasteiger partial charge in [0, 0.05) is 16.3 Å². The highest BCUT2D eigenvalue weighted by molar-refractivity contribution is 8.00. The second-order valence-corrected chi connectivity index (χ2v) is 12.2. The van der Waals surface area contributed by atoms with E-state index >= 15 is 0 Å². The second-order valence-electron chi connectivity index (χ2n) is 9.63. The number of ether oxygens (including phenoxy) is 3. The molecule has 1 amide bonds. The molecule has 0 bridgehead atoms. The van der Waals surface area contributed by atoms with Crippen LogP contribution in [0.2, 0.25) is 5.02 Å². The molecule has 5 rings (SSSR count). The van der Waals surface area contributed by atoms with Gasteiger partial charge in [0.05, 0.1) is 24.8 Å². The van der Waals surface area contributed by atoms with Gasteiger partial charge >= 0.3 is 5.91 Å². The first-order valence-corrected chi connectivity index (χ1v) is 16.3. The molecule has 0 radical (unpaired) electrons. The van der Waals surface area contributed by atoms with Gasteiger partial charge in [-0.1, -0.05) is 65.6 Å². The van der Waals surface area contributed by atoms with Gasteiger partial charge in [-0.2, -0.15) is 0 Å². The summed E-state index contributed by atoms with van der Waals surface area (Å²) in [7, 11) is 0. The number of hydrogen-bond acceptors (Lipinski definition) is 10. The fourth-order valence-electron chi connectivity index (χ4n) is 4.69. The molecule has 1 saturated heterocycles. The third-order valence-corrected chi connectivity index (χ3v) is 9.08. The molecule has 232 valence electrons. The zero-order valence-corrected chi connectivity index (χ0v) is 27.0.